The zero-order valence-corrected chi connectivity index (χ0v) is 17.9. The molecule has 1 aliphatic rings. The normalized spacial score (nSPS) is 19.1. The van der Waals surface area contributed by atoms with Crippen LogP contribution in [-0.2, 0) is 4.79 Å². The Morgan fingerprint density at radius 1 is 1.30 bits per heavy atom. The van der Waals surface area contributed by atoms with Gasteiger partial charge in [-0.15, -0.1) is 0 Å². The number of aromatic nitrogens is 2. The number of carbonyl (C=O) groups excluding carboxylic acids is 1. The number of rotatable bonds is 6. The van der Waals surface area contributed by atoms with E-state index in [1.54, 1.807) is 0 Å². The van der Waals surface area contributed by atoms with Gasteiger partial charge in [0, 0.05) is 56.0 Å². The Labute approximate surface area is 177 Å². The van der Waals surface area contributed by atoms with Crippen LogP contribution in [-0.4, -0.2) is 55.5 Å². The number of benzene rings is 1. The molecule has 0 spiro atoms. The van der Waals surface area contributed by atoms with Crippen molar-refractivity contribution < 1.29 is 4.79 Å². The van der Waals surface area contributed by atoms with Crippen LogP contribution in [0.4, 0.5) is 23.0 Å². The summed E-state index contributed by atoms with van der Waals surface area (Å²) in [6, 6.07) is 12.0. The van der Waals surface area contributed by atoms with E-state index in [9.17, 15) is 4.79 Å². The van der Waals surface area contributed by atoms with Crippen LogP contribution in [0.2, 0.25) is 0 Å². The van der Waals surface area contributed by atoms with Crippen molar-refractivity contribution in [2.75, 3.05) is 47.6 Å². The van der Waals surface area contributed by atoms with Crippen molar-refractivity contribution in [3.63, 3.8) is 0 Å². The minimum atomic E-state index is -0.187. The standard InChI is InChI=1S/C23H30N6O/c1-4-27(2)21-6-5-10-25-23(21)28(3)18-9-11-29(19(14-18)15-30)22-13-16-12-17(24)7-8-20(16)26-22/h5-8,10,12-13,15,18-19,26H,4,9,11,14,24H2,1-3H3. The summed E-state index contributed by atoms with van der Waals surface area (Å²) in [5, 5.41) is 1.06. The van der Waals surface area contributed by atoms with Crippen molar-refractivity contribution in [1.29, 1.82) is 0 Å². The number of nitrogens with two attached hydrogens (primary N) is 1. The van der Waals surface area contributed by atoms with Crippen LogP contribution in [0.3, 0.4) is 0 Å². The van der Waals surface area contributed by atoms with Crippen molar-refractivity contribution in [2.24, 2.45) is 0 Å². The van der Waals surface area contributed by atoms with Gasteiger partial charge in [-0.05, 0) is 56.2 Å². The zero-order valence-electron chi connectivity index (χ0n) is 17.9. The molecule has 2 atom stereocenters. The third kappa shape index (κ3) is 3.67. The van der Waals surface area contributed by atoms with Crippen LogP contribution in [0.5, 0.6) is 0 Å². The van der Waals surface area contributed by atoms with Crippen LogP contribution in [0.25, 0.3) is 10.9 Å². The second-order valence-corrected chi connectivity index (χ2v) is 8.05. The number of nitrogens with zero attached hydrogens (tertiary/aromatic N) is 4. The summed E-state index contributed by atoms with van der Waals surface area (Å²) in [6.45, 7) is 3.84. The first-order chi connectivity index (χ1) is 14.5. The van der Waals surface area contributed by atoms with E-state index in [2.05, 4.69) is 57.8 Å². The lowest BCUT2D eigenvalue weighted by Crippen LogP contribution is -2.50. The number of anilines is 4. The maximum atomic E-state index is 12.0. The Morgan fingerprint density at radius 3 is 2.90 bits per heavy atom. The van der Waals surface area contributed by atoms with E-state index in [1.807, 2.05) is 30.5 Å². The smallest absolute Gasteiger partial charge is 0.152 e. The van der Waals surface area contributed by atoms with E-state index in [0.29, 0.717) is 0 Å². The third-order valence-electron chi connectivity index (χ3n) is 6.25. The van der Waals surface area contributed by atoms with E-state index in [0.717, 1.165) is 66.1 Å². The van der Waals surface area contributed by atoms with Crippen LogP contribution in [0.15, 0.2) is 42.6 Å². The fourth-order valence-corrected chi connectivity index (χ4v) is 4.35. The summed E-state index contributed by atoms with van der Waals surface area (Å²) in [7, 11) is 4.16. The predicted molar refractivity (Wildman–Crippen MR) is 125 cm³/mol. The SMILES string of the molecule is CCN(C)c1cccnc1N(C)C1CCN(c2cc3cc(N)ccc3[nH]2)C(C=O)C1. The molecule has 7 nitrogen and oxygen atoms in total. The van der Waals surface area contributed by atoms with Gasteiger partial charge in [0.15, 0.2) is 5.82 Å². The second kappa shape index (κ2) is 8.26. The molecule has 1 fully saturated rings. The van der Waals surface area contributed by atoms with E-state index in [4.69, 9.17) is 5.73 Å². The Bertz CT molecular complexity index is 1030. The summed E-state index contributed by atoms with van der Waals surface area (Å²) >= 11 is 0. The number of pyridine rings is 1. The first kappa shape index (κ1) is 20.1. The number of carbonyl (C=O) groups is 1. The van der Waals surface area contributed by atoms with Gasteiger partial charge in [-0.2, -0.15) is 0 Å². The van der Waals surface area contributed by atoms with Gasteiger partial charge in [0.2, 0.25) is 0 Å². The molecule has 0 bridgehead atoms. The molecule has 2 unspecified atom stereocenters. The molecule has 0 saturated carbocycles. The summed E-state index contributed by atoms with van der Waals surface area (Å²) < 4.78 is 0. The highest BCUT2D eigenvalue weighted by Crippen LogP contribution is 2.33. The highest BCUT2D eigenvalue weighted by atomic mass is 16.1. The molecule has 1 aliphatic heterocycles. The molecule has 7 heteroatoms. The number of piperidine rings is 1. The Hall–Kier alpha value is -3.22. The minimum absolute atomic E-state index is 0.187. The van der Waals surface area contributed by atoms with Crippen LogP contribution < -0.4 is 20.4 Å². The molecule has 0 aliphatic carbocycles. The van der Waals surface area contributed by atoms with Crippen LogP contribution in [0, 0.1) is 0 Å². The van der Waals surface area contributed by atoms with Crippen molar-refractivity contribution in [3.05, 3.63) is 42.6 Å². The highest BCUT2D eigenvalue weighted by molar-refractivity contribution is 5.87. The summed E-state index contributed by atoms with van der Waals surface area (Å²) in [5.74, 6) is 1.93. The molecule has 4 rings (SSSR count). The van der Waals surface area contributed by atoms with Crippen molar-refractivity contribution in [1.82, 2.24) is 9.97 Å². The lowest BCUT2D eigenvalue weighted by molar-refractivity contribution is -0.109. The topological polar surface area (TPSA) is 81.5 Å². The van der Waals surface area contributed by atoms with Crippen molar-refractivity contribution in [3.8, 4) is 0 Å². The van der Waals surface area contributed by atoms with Gasteiger partial charge in [-0.3, -0.25) is 0 Å². The maximum Gasteiger partial charge on any atom is 0.152 e. The largest absolute Gasteiger partial charge is 0.399 e. The number of aldehydes is 1. The van der Waals surface area contributed by atoms with Crippen molar-refractivity contribution in [2.45, 2.75) is 31.8 Å². The number of aromatic amines is 1. The molecule has 1 saturated heterocycles. The summed E-state index contributed by atoms with van der Waals surface area (Å²) in [4.78, 5) is 26.7. The molecule has 158 valence electrons. The third-order valence-corrected chi connectivity index (χ3v) is 6.25. The lowest BCUT2D eigenvalue weighted by atomic mass is 9.96. The lowest BCUT2D eigenvalue weighted by Gasteiger charge is -2.42. The molecule has 0 amide bonds. The van der Waals surface area contributed by atoms with E-state index in [-0.39, 0.29) is 12.1 Å². The molecule has 2 aromatic heterocycles. The van der Waals surface area contributed by atoms with Gasteiger partial charge >= 0.3 is 0 Å². The molecular weight excluding hydrogens is 376 g/mol. The average molecular weight is 407 g/mol. The van der Waals surface area contributed by atoms with Gasteiger partial charge in [0.25, 0.3) is 0 Å². The number of fused-ring (bicyclic) bond motifs is 1. The maximum absolute atomic E-state index is 12.0. The van der Waals surface area contributed by atoms with E-state index >= 15 is 0 Å². The van der Waals surface area contributed by atoms with E-state index in [1.165, 1.54) is 0 Å². The van der Waals surface area contributed by atoms with Gasteiger partial charge in [-0.25, -0.2) is 4.98 Å². The van der Waals surface area contributed by atoms with Gasteiger partial charge < -0.3 is 30.2 Å². The molecule has 3 N–H and O–H groups in total. The molecule has 30 heavy (non-hydrogen) atoms. The average Bonchev–Trinajstić information content (AvgIpc) is 3.20. The summed E-state index contributed by atoms with van der Waals surface area (Å²) in [6.07, 6.45) is 4.60. The van der Waals surface area contributed by atoms with Crippen LogP contribution in [0.1, 0.15) is 19.8 Å². The predicted octanol–water partition coefficient (Wildman–Crippen LogP) is 3.27. The number of hydrogen-bond donors (Lipinski definition) is 2. The zero-order chi connectivity index (χ0) is 21.3. The molecule has 0 radical (unpaired) electrons. The molecule has 3 heterocycles. The number of hydrogen-bond acceptors (Lipinski definition) is 6. The summed E-state index contributed by atoms with van der Waals surface area (Å²) in [5.41, 5.74) is 8.80. The highest BCUT2D eigenvalue weighted by Gasteiger charge is 2.32. The number of nitrogen functional groups attached to an aromatic ring is 1. The second-order valence-electron chi connectivity index (χ2n) is 8.05. The van der Waals surface area contributed by atoms with Crippen LogP contribution >= 0.6 is 0 Å². The number of nitrogens with one attached hydrogen (secondary N) is 1. The minimum Gasteiger partial charge on any atom is -0.399 e. The Morgan fingerprint density at radius 2 is 2.13 bits per heavy atom. The van der Waals surface area contributed by atoms with Gasteiger partial charge in [-0.1, -0.05) is 0 Å². The number of H-pyrrole nitrogens is 1. The van der Waals surface area contributed by atoms with E-state index < -0.39 is 0 Å². The first-order valence-electron chi connectivity index (χ1n) is 10.5. The Kier molecular flexibility index (Phi) is 5.53. The molecule has 1 aromatic carbocycles. The van der Waals surface area contributed by atoms with Gasteiger partial charge in [0.05, 0.1) is 11.7 Å². The van der Waals surface area contributed by atoms with Crippen molar-refractivity contribution >= 4 is 40.2 Å². The fourth-order valence-electron chi connectivity index (χ4n) is 4.35. The Balaban J connectivity index is 1.55. The molecule has 3 aromatic rings. The quantitative estimate of drug-likeness (QED) is 0.483. The fraction of sp³-hybridized carbons (Fsp3) is 0.391. The monoisotopic (exact) mass is 406 g/mol. The molecular formula is C23H30N6O. The first-order valence-corrected chi connectivity index (χ1v) is 10.5. The van der Waals surface area contributed by atoms with Gasteiger partial charge in [0.1, 0.15) is 12.1 Å².